The standard InChI is InChI=1S/C29H30BrN3/c1-5-16-32(20-26-10-8-25(18-31)9-11-26)24(4)19-33(29-14-6-22(2)7-15-29)21-27-12-13-28(30)17-23(27)3/h5-17H,4,19-21H2,1-3H3/b16-5-. The van der Waals surface area contributed by atoms with Crippen molar-refractivity contribution in [3.63, 3.8) is 0 Å². The summed E-state index contributed by atoms with van der Waals surface area (Å²) in [6, 6.07) is 25.0. The van der Waals surface area contributed by atoms with Gasteiger partial charge >= 0.3 is 0 Å². The predicted octanol–water partition coefficient (Wildman–Crippen LogP) is 7.49. The van der Waals surface area contributed by atoms with Crippen LogP contribution in [0.2, 0.25) is 0 Å². The maximum absolute atomic E-state index is 9.07. The number of nitriles is 1. The summed E-state index contributed by atoms with van der Waals surface area (Å²) in [6.07, 6.45) is 4.10. The molecule has 0 N–H and O–H groups in total. The Hall–Kier alpha value is -3.29. The fraction of sp³-hybridized carbons (Fsp3) is 0.207. The second kappa shape index (κ2) is 11.5. The van der Waals surface area contributed by atoms with Crippen molar-refractivity contribution in [3.8, 4) is 6.07 Å². The highest BCUT2D eigenvalue weighted by Gasteiger charge is 2.14. The van der Waals surface area contributed by atoms with Crippen molar-refractivity contribution < 1.29 is 0 Å². The van der Waals surface area contributed by atoms with Gasteiger partial charge < -0.3 is 9.80 Å². The zero-order chi connectivity index (χ0) is 23.8. The number of nitrogens with zero attached hydrogens (tertiary/aromatic N) is 3. The molecule has 33 heavy (non-hydrogen) atoms. The number of allylic oxidation sites excluding steroid dienone is 1. The fourth-order valence-electron chi connectivity index (χ4n) is 3.68. The minimum atomic E-state index is 0.672. The molecule has 0 amide bonds. The Labute approximate surface area is 206 Å². The summed E-state index contributed by atoms with van der Waals surface area (Å²) in [7, 11) is 0. The first-order chi connectivity index (χ1) is 15.9. The average molecular weight is 500 g/mol. The predicted molar refractivity (Wildman–Crippen MR) is 142 cm³/mol. The van der Waals surface area contributed by atoms with E-state index in [1.807, 2.05) is 37.3 Å². The van der Waals surface area contributed by atoms with Gasteiger partial charge in [0.25, 0.3) is 0 Å². The number of hydrogen-bond acceptors (Lipinski definition) is 3. The minimum Gasteiger partial charge on any atom is -0.361 e. The molecule has 0 saturated heterocycles. The maximum atomic E-state index is 9.07. The van der Waals surface area contributed by atoms with Crippen molar-refractivity contribution in [1.29, 1.82) is 5.26 Å². The van der Waals surface area contributed by atoms with Crippen LogP contribution in [-0.4, -0.2) is 11.4 Å². The van der Waals surface area contributed by atoms with E-state index < -0.39 is 0 Å². The number of hydrogen-bond donors (Lipinski definition) is 0. The van der Waals surface area contributed by atoms with Gasteiger partial charge in [0.15, 0.2) is 0 Å². The summed E-state index contributed by atoms with van der Waals surface area (Å²) in [5.41, 5.74) is 7.78. The van der Waals surface area contributed by atoms with Gasteiger partial charge in [0.05, 0.1) is 18.2 Å². The molecule has 0 radical (unpaired) electrons. The highest BCUT2D eigenvalue weighted by molar-refractivity contribution is 9.10. The number of rotatable bonds is 9. The van der Waals surface area contributed by atoms with E-state index >= 15 is 0 Å². The quantitative estimate of drug-likeness (QED) is 0.305. The van der Waals surface area contributed by atoms with Gasteiger partial charge in [-0.2, -0.15) is 5.26 Å². The van der Waals surface area contributed by atoms with Gasteiger partial charge in [-0.3, -0.25) is 0 Å². The Balaban J connectivity index is 1.84. The second-order valence-electron chi connectivity index (χ2n) is 8.25. The number of halogens is 1. The Morgan fingerprint density at radius 2 is 1.70 bits per heavy atom. The van der Waals surface area contributed by atoms with E-state index in [9.17, 15) is 0 Å². The molecule has 3 nitrogen and oxygen atoms in total. The lowest BCUT2D eigenvalue weighted by molar-refractivity contribution is 0.448. The summed E-state index contributed by atoms with van der Waals surface area (Å²) in [4.78, 5) is 4.55. The normalized spacial score (nSPS) is 10.8. The van der Waals surface area contributed by atoms with E-state index in [4.69, 9.17) is 5.26 Å². The molecule has 0 aliphatic rings. The van der Waals surface area contributed by atoms with E-state index in [0.29, 0.717) is 18.7 Å². The van der Waals surface area contributed by atoms with Crippen LogP contribution in [0.4, 0.5) is 5.69 Å². The van der Waals surface area contributed by atoms with Crippen LogP contribution in [0.5, 0.6) is 0 Å². The molecule has 0 heterocycles. The van der Waals surface area contributed by atoms with Gasteiger partial charge in [-0.25, -0.2) is 0 Å². The topological polar surface area (TPSA) is 30.3 Å². The molecule has 0 spiro atoms. The van der Waals surface area contributed by atoms with Crippen LogP contribution >= 0.6 is 15.9 Å². The number of benzene rings is 3. The molecular formula is C29H30BrN3. The average Bonchev–Trinajstić information content (AvgIpc) is 2.81. The summed E-state index contributed by atoms with van der Waals surface area (Å²) in [5, 5.41) is 9.07. The van der Waals surface area contributed by atoms with Gasteiger partial charge in [-0.1, -0.05) is 64.5 Å². The molecule has 0 fully saturated rings. The van der Waals surface area contributed by atoms with E-state index in [1.165, 1.54) is 22.4 Å². The van der Waals surface area contributed by atoms with Crippen LogP contribution in [0.25, 0.3) is 0 Å². The Morgan fingerprint density at radius 3 is 2.30 bits per heavy atom. The first kappa shape index (κ1) is 24.4. The third-order valence-electron chi connectivity index (χ3n) is 5.61. The monoisotopic (exact) mass is 499 g/mol. The SMILES string of the molecule is C=C(CN(Cc1ccc(Br)cc1C)c1ccc(C)cc1)N(/C=C\C)Cc1ccc(C#N)cc1. The lowest BCUT2D eigenvalue weighted by atomic mass is 10.1. The highest BCUT2D eigenvalue weighted by Crippen LogP contribution is 2.24. The van der Waals surface area contributed by atoms with Gasteiger partial charge in [-0.05, 0) is 80.1 Å². The van der Waals surface area contributed by atoms with E-state index in [1.54, 1.807) is 0 Å². The van der Waals surface area contributed by atoms with Gasteiger partial charge in [0, 0.05) is 28.9 Å². The summed E-state index contributed by atoms with van der Waals surface area (Å²) in [6.45, 7) is 12.9. The lowest BCUT2D eigenvalue weighted by Crippen LogP contribution is -2.30. The van der Waals surface area contributed by atoms with E-state index in [-0.39, 0.29) is 0 Å². The Kier molecular flexibility index (Phi) is 8.52. The molecule has 0 unspecified atom stereocenters. The van der Waals surface area contributed by atoms with Crippen molar-refractivity contribution in [3.05, 3.63) is 124 Å². The Bertz CT molecular complexity index is 1150. The Morgan fingerprint density at radius 1 is 1.00 bits per heavy atom. The first-order valence-electron chi connectivity index (χ1n) is 11.0. The molecule has 0 aliphatic heterocycles. The van der Waals surface area contributed by atoms with Crippen molar-refractivity contribution in [2.45, 2.75) is 33.9 Å². The van der Waals surface area contributed by atoms with Crippen LogP contribution < -0.4 is 4.90 Å². The molecule has 0 saturated carbocycles. The van der Waals surface area contributed by atoms with Crippen molar-refractivity contribution >= 4 is 21.6 Å². The van der Waals surface area contributed by atoms with Gasteiger partial charge in [0.2, 0.25) is 0 Å². The van der Waals surface area contributed by atoms with Crippen LogP contribution in [0.15, 0.2) is 95.8 Å². The lowest BCUT2D eigenvalue weighted by Gasteiger charge is -2.31. The zero-order valence-corrected chi connectivity index (χ0v) is 21.1. The van der Waals surface area contributed by atoms with E-state index in [2.05, 4.69) is 101 Å². The molecule has 4 heteroatoms. The summed E-state index contributed by atoms with van der Waals surface area (Å²) < 4.78 is 1.09. The van der Waals surface area contributed by atoms with E-state index in [0.717, 1.165) is 22.3 Å². The molecule has 168 valence electrons. The van der Waals surface area contributed by atoms with Gasteiger partial charge in [0.1, 0.15) is 0 Å². The molecule has 0 atom stereocenters. The summed E-state index contributed by atoms with van der Waals surface area (Å²) in [5.74, 6) is 0. The van der Waals surface area contributed by atoms with Crippen LogP contribution in [0.3, 0.4) is 0 Å². The second-order valence-corrected chi connectivity index (χ2v) is 9.16. The molecule has 0 bridgehead atoms. The van der Waals surface area contributed by atoms with Gasteiger partial charge in [-0.15, -0.1) is 0 Å². The minimum absolute atomic E-state index is 0.672. The molecule has 3 aromatic carbocycles. The van der Waals surface area contributed by atoms with Crippen LogP contribution in [0.1, 0.15) is 34.7 Å². The van der Waals surface area contributed by atoms with Crippen molar-refractivity contribution in [2.75, 3.05) is 11.4 Å². The van der Waals surface area contributed by atoms with Crippen LogP contribution in [-0.2, 0) is 13.1 Å². The van der Waals surface area contributed by atoms with Crippen LogP contribution in [0, 0.1) is 25.2 Å². The highest BCUT2D eigenvalue weighted by atomic mass is 79.9. The molecule has 3 rings (SSSR count). The first-order valence-corrected chi connectivity index (χ1v) is 11.8. The van der Waals surface area contributed by atoms with Crippen molar-refractivity contribution in [2.24, 2.45) is 0 Å². The zero-order valence-electron chi connectivity index (χ0n) is 19.6. The fourth-order valence-corrected chi connectivity index (χ4v) is 4.15. The number of aryl methyl sites for hydroxylation is 2. The molecule has 0 aromatic heterocycles. The summed E-state index contributed by atoms with van der Waals surface area (Å²) >= 11 is 3.57. The largest absolute Gasteiger partial charge is 0.361 e. The maximum Gasteiger partial charge on any atom is 0.0991 e. The molecule has 0 aliphatic carbocycles. The van der Waals surface area contributed by atoms with Crippen molar-refractivity contribution in [1.82, 2.24) is 4.90 Å². The smallest absolute Gasteiger partial charge is 0.0991 e. The molecular weight excluding hydrogens is 470 g/mol. The third kappa shape index (κ3) is 6.84. The third-order valence-corrected chi connectivity index (χ3v) is 6.10. The number of anilines is 1. The molecule has 3 aromatic rings.